The second-order valence-corrected chi connectivity index (χ2v) is 2.02. The summed E-state index contributed by atoms with van der Waals surface area (Å²) in [6, 6.07) is 0. The predicted octanol–water partition coefficient (Wildman–Crippen LogP) is 0.402. The fraction of sp³-hybridized carbons (Fsp3) is 0.571. The molecule has 0 aliphatic rings. The van der Waals surface area contributed by atoms with Gasteiger partial charge in [-0.15, -0.1) is 0 Å². The molecule has 2 N–H and O–H groups in total. The summed E-state index contributed by atoms with van der Waals surface area (Å²) in [7, 11) is 1.45. The number of nitrogens with one attached hydrogen (secondary N) is 1. The largest absolute Gasteiger partial charge is 0.481 e. The van der Waals surface area contributed by atoms with Gasteiger partial charge >= 0.3 is 5.97 Å². The number of aliphatic imine (C=N–C) groups is 1. The van der Waals surface area contributed by atoms with Gasteiger partial charge in [0.05, 0.1) is 6.61 Å². The number of carboxylic acid groups (broad SMARTS) is 1. The number of hydrogen-bond donors (Lipinski definition) is 2. The lowest BCUT2D eigenvalue weighted by Gasteiger charge is -2.08. The number of nitrogens with zero attached hydrogens (tertiary/aromatic N) is 1. The summed E-state index contributed by atoms with van der Waals surface area (Å²) in [6.07, 6.45) is 1.17. The van der Waals surface area contributed by atoms with Crippen LogP contribution in [0.15, 0.2) is 4.99 Å². The molecule has 1 atom stereocenters. The van der Waals surface area contributed by atoms with Gasteiger partial charge in [0.2, 0.25) is 5.90 Å². The average molecular weight is 172 g/mol. The minimum atomic E-state index is -1.13. The van der Waals surface area contributed by atoms with Gasteiger partial charge in [0.25, 0.3) is 0 Å². The molecule has 5 heteroatoms. The van der Waals surface area contributed by atoms with Gasteiger partial charge < -0.3 is 9.84 Å². The third kappa shape index (κ3) is 3.14. The zero-order chi connectivity index (χ0) is 9.56. The SMILES string of the molecule is CCOC(=N)C(C=NC)C(=O)O. The molecule has 68 valence electrons. The summed E-state index contributed by atoms with van der Waals surface area (Å²) < 4.78 is 4.73. The maximum atomic E-state index is 10.5. The molecular formula is C7H12N2O3. The molecule has 0 bridgehead atoms. The van der Waals surface area contributed by atoms with Crippen LogP contribution in [0, 0.1) is 11.3 Å². The summed E-state index contributed by atoms with van der Waals surface area (Å²) in [5.41, 5.74) is 0. The van der Waals surface area contributed by atoms with E-state index in [-0.39, 0.29) is 5.90 Å². The fourth-order valence-electron chi connectivity index (χ4n) is 0.638. The molecule has 0 spiro atoms. The maximum absolute atomic E-state index is 10.5. The molecule has 0 radical (unpaired) electrons. The molecule has 5 nitrogen and oxygen atoms in total. The van der Waals surface area contributed by atoms with Gasteiger partial charge in [-0.05, 0) is 6.92 Å². The van der Waals surface area contributed by atoms with Crippen LogP contribution in [0.5, 0.6) is 0 Å². The molecular weight excluding hydrogens is 160 g/mol. The van der Waals surface area contributed by atoms with E-state index in [9.17, 15) is 4.79 Å². The van der Waals surface area contributed by atoms with E-state index < -0.39 is 11.9 Å². The van der Waals surface area contributed by atoms with E-state index in [1.165, 1.54) is 13.3 Å². The van der Waals surface area contributed by atoms with Gasteiger partial charge in [0.1, 0.15) is 0 Å². The van der Waals surface area contributed by atoms with E-state index in [4.69, 9.17) is 15.3 Å². The van der Waals surface area contributed by atoms with Crippen molar-refractivity contribution in [1.29, 1.82) is 5.41 Å². The Kier molecular flexibility index (Phi) is 4.67. The molecule has 0 saturated carbocycles. The molecule has 0 aliphatic carbocycles. The van der Waals surface area contributed by atoms with E-state index in [1.807, 2.05) is 0 Å². The molecule has 1 unspecified atom stereocenters. The maximum Gasteiger partial charge on any atom is 0.321 e. The van der Waals surface area contributed by atoms with Crippen molar-refractivity contribution in [3.8, 4) is 0 Å². The van der Waals surface area contributed by atoms with Crippen LogP contribution in [-0.2, 0) is 9.53 Å². The smallest absolute Gasteiger partial charge is 0.321 e. The number of carbonyl (C=O) groups is 1. The van der Waals surface area contributed by atoms with E-state index in [2.05, 4.69) is 4.99 Å². The van der Waals surface area contributed by atoms with Crippen molar-refractivity contribution in [2.45, 2.75) is 6.92 Å². The first-order valence-electron chi connectivity index (χ1n) is 3.49. The van der Waals surface area contributed by atoms with Crippen molar-refractivity contribution in [3.05, 3.63) is 0 Å². The molecule has 0 saturated heterocycles. The first kappa shape index (κ1) is 10.6. The lowest BCUT2D eigenvalue weighted by molar-refractivity contribution is -0.137. The molecule has 12 heavy (non-hydrogen) atoms. The Morgan fingerprint density at radius 1 is 1.83 bits per heavy atom. The molecule has 0 amide bonds. The second kappa shape index (κ2) is 5.29. The molecule has 0 aliphatic heterocycles. The van der Waals surface area contributed by atoms with Crippen LogP contribution in [0.3, 0.4) is 0 Å². The number of carboxylic acids is 1. The monoisotopic (exact) mass is 172 g/mol. The molecule has 0 rings (SSSR count). The Labute approximate surface area is 70.6 Å². The first-order valence-corrected chi connectivity index (χ1v) is 3.49. The van der Waals surface area contributed by atoms with Crippen molar-refractivity contribution in [3.63, 3.8) is 0 Å². The van der Waals surface area contributed by atoms with Crippen LogP contribution in [-0.4, -0.2) is 36.8 Å². The minimum Gasteiger partial charge on any atom is -0.481 e. The van der Waals surface area contributed by atoms with Crippen molar-refractivity contribution >= 4 is 18.1 Å². The van der Waals surface area contributed by atoms with E-state index in [0.29, 0.717) is 6.61 Å². The molecule has 0 fully saturated rings. The van der Waals surface area contributed by atoms with Gasteiger partial charge in [-0.2, -0.15) is 0 Å². The van der Waals surface area contributed by atoms with Crippen LogP contribution in [0.4, 0.5) is 0 Å². The van der Waals surface area contributed by atoms with Crippen molar-refractivity contribution in [1.82, 2.24) is 0 Å². The van der Waals surface area contributed by atoms with Crippen LogP contribution in [0.2, 0.25) is 0 Å². The third-order valence-electron chi connectivity index (χ3n) is 1.15. The topological polar surface area (TPSA) is 82.7 Å². The normalized spacial score (nSPS) is 12.8. The highest BCUT2D eigenvalue weighted by Crippen LogP contribution is 1.97. The highest BCUT2D eigenvalue weighted by atomic mass is 16.5. The summed E-state index contributed by atoms with van der Waals surface area (Å²) in [5, 5.41) is 15.8. The van der Waals surface area contributed by atoms with E-state index in [0.717, 1.165) is 0 Å². The van der Waals surface area contributed by atoms with Crippen LogP contribution in [0.25, 0.3) is 0 Å². The molecule has 0 aromatic rings. The van der Waals surface area contributed by atoms with Gasteiger partial charge in [-0.3, -0.25) is 15.2 Å². The summed E-state index contributed by atoms with van der Waals surface area (Å²) in [5.74, 6) is -2.47. The van der Waals surface area contributed by atoms with Crippen LogP contribution >= 0.6 is 0 Å². The highest BCUT2D eigenvalue weighted by Gasteiger charge is 2.21. The Balaban J connectivity index is 4.29. The van der Waals surface area contributed by atoms with Gasteiger partial charge in [-0.25, -0.2) is 0 Å². The van der Waals surface area contributed by atoms with Crippen molar-refractivity contribution in [2.75, 3.05) is 13.7 Å². The zero-order valence-electron chi connectivity index (χ0n) is 7.07. The van der Waals surface area contributed by atoms with Crippen molar-refractivity contribution < 1.29 is 14.6 Å². The van der Waals surface area contributed by atoms with E-state index in [1.54, 1.807) is 6.92 Å². The summed E-state index contributed by atoms with van der Waals surface area (Å²) in [6.45, 7) is 1.98. The Morgan fingerprint density at radius 3 is 2.75 bits per heavy atom. The fourth-order valence-corrected chi connectivity index (χ4v) is 0.638. The van der Waals surface area contributed by atoms with Gasteiger partial charge in [0, 0.05) is 13.3 Å². The Hall–Kier alpha value is -1.39. The minimum absolute atomic E-state index is 0.282. The lowest BCUT2D eigenvalue weighted by Crippen LogP contribution is -2.26. The number of aliphatic carboxylic acids is 1. The molecule has 0 heterocycles. The van der Waals surface area contributed by atoms with Gasteiger partial charge in [0.15, 0.2) is 5.92 Å². The number of ether oxygens (including phenoxy) is 1. The molecule has 0 aromatic carbocycles. The average Bonchev–Trinajstić information content (AvgIpc) is 1.99. The lowest BCUT2D eigenvalue weighted by atomic mass is 10.2. The van der Waals surface area contributed by atoms with Gasteiger partial charge in [-0.1, -0.05) is 0 Å². The molecule has 0 aromatic heterocycles. The standard InChI is InChI=1S/C7H12N2O3/c1-3-12-6(8)5(4-9-2)7(10)11/h4-5,8H,3H2,1-2H3,(H,10,11). The third-order valence-corrected chi connectivity index (χ3v) is 1.15. The van der Waals surface area contributed by atoms with Crippen LogP contribution in [0.1, 0.15) is 6.92 Å². The Bertz CT molecular complexity index is 201. The number of rotatable bonds is 4. The quantitative estimate of drug-likeness (QED) is 0.475. The van der Waals surface area contributed by atoms with E-state index >= 15 is 0 Å². The van der Waals surface area contributed by atoms with Crippen molar-refractivity contribution in [2.24, 2.45) is 10.9 Å². The number of hydrogen-bond acceptors (Lipinski definition) is 4. The summed E-state index contributed by atoms with van der Waals surface area (Å²) in [4.78, 5) is 14.0. The predicted molar refractivity (Wildman–Crippen MR) is 44.9 cm³/mol. The second-order valence-electron chi connectivity index (χ2n) is 2.02. The summed E-state index contributed by atoms with van der Waals surface area (Å²) >= 11 is 0. The Morgan fingerprint density at radius 2 is 2.42 bits per heavy atom. The zero-order valence-corrected chi connectivity index (χ0v) is 7.07. The van der Waals surface area contributed by atoms with Crippen LogP contribution < -0.4 is 0 Å². The first-order chi connectivity index (χ1) is 5.63. The highest BCUT2D eigenvalue weighted by molar-refractivity contribution is 6.09.